The molecular weight excluding hydrogens is 371 g/mol. The lowest BCUT2D eigenvalue weighted by Gasteiger charge is -2.20. The van der Waals surface area contributed by atoms with Gasteiger partial charge in [-0.05, 0) is 36.8 Å². The van der Waals surface area contributed by atoms with Crippen LogP contribution in [0.15, 0.2) is 52.5 Å². The molecule has 3 aromatic rings. The van der Waals surface area contributed by atoms with Gasteiger partial charge in [-0.3, -0.25) is 4.98 Å². The Labute approximate surface area is 161 Å². The number of rotatable bonds is 5. The maximum Gasteiger partial charge on any atom is 0.389 e. The summed E-state index contributed by atoms with van der Waals surface area (Å²) >= 11 is 1.61. The van der Waals surface area contributed by atoms with Crippen molar-refractivity contribution in [3.63, 3.8) is 0 Å². The van der Waals surface area contributed by atoms with Crippen LogP contribution in [0.2, 0.25) is 0 Å². The third-order valence-electron chi connectivity index (χ3n) is 4.12. The van der Waals surface area contributed by atoms with Crippen molar-refractivity contribution in [3.8, 4) is 0 Å². The summed E-state index contributed by atoms with van der Waals surface area (Å²) in [7, 11) is 0. The third-order valence-corrected chi connectivity index (χ3v) is 5.12. The minimum absolute atomic E-state index is 0.0472. The van der Waals surface area contributed by atoms with Gasteiger partial charge in [0.15, 0.2) is 0 Å². The van der Waals surface area contributed by atoms with Gasteiger partial charge < -0.3 is 4.57 Å². The molecule has 27 heavy (non-hydrogen) atoms. The maximum atomic E-state index is 12.6. The highest BCUT2D eigenvalue weighted by Gasteiger charge is 2.28. The zero-order valence-corrected chi connectivity index (χ0v) is 16.4. The van der Waals surface area contributed by atoms with E-state index in [4.69, 9.17) is 4.98 Å². The van der Waals surface area contributed by atoms with Crippen molar-refractivity contribution >= 4 is 22.8 Å². The Hall–Kier alpha value is -2.02. The first-order valence-corrected chi connectivity index (χ1v) is 9.60. The Bertz CT molecular complexity index is 912. The number of alkyl halides is 3. The highest BCUT2D eigenvalue weighted by molar-refractivity contribution is 7.99. The van der Waals surface area contributed by atoms with E-state index in [1.54, 1.807) is 24.2 Å². The quantitative estimate of drug-likeness (QED) is 0.515. The Morgan fingerprint density at radius 1 is 1.00 bits per heavy atom. The number of nitrogens with zero attached hydrogens (tertiary/aromatic N) is 3. The molecule has 0 atom stereocenters. The van der Waals surface area contributed by atoms with Gasteiger partial charge >= 0.3 is 6.18 Å². The number of fused-ring (bicyclic) bond motifs is 1. The molecule has 0 unspecified atom stereocenters. The van der Waals surface area contributed by atoms with E-state index in [2.05, 4.69) is 4.98 Å². The second-order valence-corrected chi connectivity index (χ2v) is 8.64. The number of pyridine rings is 1. The number of halogens is 3. The highest BCUT2D eigenvalue weighted by Crippen LogP contribution is 2.33. The molecule has 0 fully saturated rings. The van der Waals surface area contributed by atoms with Gasteiger partial charge in [0.05, 0.1) is 11.0 Å². The van der Waals surface area contributed by atoms with Gasteiger partial charge in [0, 0.05) is 40.6 Å². The molecule has 3 nitrogen and oxygen atoms in total. The van der Waals surface area contributed by atoms with Crippen LogP contribution in [0.1, 0.15) is 39.4 Å². The fraction of sp³-hybridized carbons (Fsp3) is 0.400. The van der Waals surface area contributed by atoms with Crippen molar-refractivity contribution in [1.29, 1.82) is 0 Å². The predicted molar refractivity (Wildman–Crippen MR) is 102 cm³/mol. The summed E-state index contributed by atoms with van der Waals surface area (Å²) in [6, 6.07) is 9.81. The molecule has 2 aromatic heterocycles. The van der Waals surface area contributed by atoms with Crippen molar-refractivity contribution in [3.05, 3.63) is 48.5 Å². The molecule has 0 N–H and O–H groups in total. The number of hydrogen-bond acceptors (Lipinski definition) is 3. The fourth-order valence-corrected chi connectivity index (χ4v) is 3.79. The Kier molecular flexibility index (Phi) is 5.51. The normalized spacial score (nSPS) is 12.7. The molecule has 0 saturated heterocycles. The van der Waals surface area contributed by atoms with E-state index in [1.165, 1.54) is 0 Å². The Balaban J connectivity index is 1.93. The van der Waals surface area contributed by atoms with Crippen LogP contribution in [0.4, 0.5) is 13.2 Å². The SMILES string of the molecule is CC(C)(C)c1nc2cc(Sc3ccncc3)ccc2n1CCCC(F)(F)F. The summed E-state index contributed by atoms with van der Waals surface area (Å²) in [5.74, 6) is 0.811. The third kappa shape index (κ3) is 5.03. The smallest absolute Gasteiger partial charge is 0.328 e. The molecular formula is C20H22F3N3S. The van der Waals surface area contributed by atoms with E-state index in [0.29, 0.717) is 6.54 Å². The number of hydrogen-bond donors (Lipinski definition) is 0. The summed E-state index contributed by atoms with van der Waals surface area (Å²) in [4.78, 5) is 10.9. The molecule has 0 amide bonds. The molecule has 0 spiro atoms. The van der Waals surface area contributed by atoms with Crippen LogP contribution >= 0.6 is 11.8 Å². The Morgan fingerprint density at radius 3 is 2.33 bits per heavy atom. The average molecular weight is 393 g/mol. The van der Waals surface area contributed by atoms with E-state index < -0.39 is 12.6 Å². The summed E-state index contributed by atoms with van der Waals surface area (Å²) in [5, 5.41) is 0. The lowest BCUT2D eigenvalue weighted by molar-refractivity contribution is -0.135. The lowest BCUT2D eigenvalue weighted by Crippen LogP contribution is -2.20. The zero-order chi connectivity index (χ0) is 19.7. The molecule has 0 aliphatic carbocycles. The summed E-state index contributed by atoms with van der Waals surface area (Å²) in [6.07, 6.45) is -1.38. The first-order chi connectivity index (χ1) is 12.6. The molecule has 2 heterocycles. The van der Waals surface area contributed by atoms with Gasteiger partial charge in [-0.2, -0.15) is 13.2 Å². The molecule has 144 valence electrons. The number of aryl methyl sites for hydroxylation is 1. The van der Waals surface area contributed by atoms with E-state index in [9.17, 15) is 13.2 Å². The van der Waals surface area contributed by atoms with E-state index in [1.807, 2.05) is 55.7 Å². The average Bonchev–Trinajstić information content (AvgIpc) is 2.93. The molecule has 7 heteroatoms. The van der Waals surface area contributed by atoms with Crippen molar-refractivity contribution in [2.24, 2.45) is 0 Å². The lowest BCUT2D eigenvalue weighted by atomic mass is 9.95. The van der Waals surface area contributed by atoms with Crippen LogP contribution < -0.4 is 0 Å². The van der Waals surface area contributed by atoms with Gasteiger partial charge in [-0.15, -0.1) is 0 Å². The van der Waals surface area contributed by atoms with Gasteiger partial charge in [0.1, 0.15) is 5.82 Å². The second kappa shape index (κ2) is 7.54. The molecule has 0 saturated carbocycles. The first kappa shape index (κ1) is 19.7. The van der Waals surface area contributed by atoms with Crippen LogP contribution in [0.5, 0.6) is 0 Å². The van der Waals surface area contributed by atoms with E-state index in [-0.39, 0.29) is 11.8 Å². The zero-order valence-electron chi connectivity index (χ0n) is 15.5. The largest absolute Gasteiger partial charge is 0.389 e. The topological polar surface area (TPSA) is 30.7 Å². The monoisotopic (exact) mass is 393 g/mol. The number of aromatic nitrogens is 3. The number of benzene rings is 1. The van der Waals surface area contributed by atoms with Crippen LogP contribution in [-0.4, -0.2) is 20.7 Å². The van der Waals surface area contributed by atoms with Gasteiger partial charge in [0.25, 0.3) is 0 Å². The first-order valence-electron chi connectivity index (χ1n) is 8.79. The van der Waals surface area contributed by atoms with Crippen molar-refractivity contribution in [1.82, 2.24) is 14.5 Å². The summed E-state index contributed by atoms with van der Waals surface area (Å²) < 4.78 is 39.6. The van der Waals surface area contributed by atoms with Gasteiger partial charge in [-0.1, -0.05) is 32.5 Å². The van der Waals surface area contributed by atoms with Gasteiger partial charge in [-0.25, -0.2) is 4.98 Å². The van der Waals surface area contributed by atoms with Crippen molar-refractivity contribution in [2.75, 3.05) is 0 Å². The maximum absolute atomic E-state index is 12.6. The predicted octanol–water partition coefficient (Wildman–Crippen LogP) is 6.22. The van der Waals surface area contributed by atoms with Crippen LogP contribution in [0.25, 0.3) is 11.0 Å². The molecule has 3 rings (SSSR count). The number of imidazole rings is 1. The molecule has 0 bridgehead atoms. The van der Waals surface area contributed by atoms with Crippen molar-refractivity contribution in [2.45, 2.75) is 61.5 Å². The summed E-state index contributed by atoms with van der Waals surface area (Å²) in [6.45, 7) is 6.39. The Morgan fingerprint density at radius 2 is 1.70 bits per heavy atom. The minimum Gasteiger partial charge on any atom is -0.328 e. The fourth-order valence-electron chi connectivity index (χ4n) is 2.95. The summed E-state index contributed by atoms with van der Waals surface area (Å²) in [5.41, 5.74) is 1.43. The van der Waals surface area contributed by atoms with E-state index >= 15 is 0 Å². The molecule has 1 aromatic carbocycles. The molecule has 0 radical (unpaired) electrons. The highest BCUT2D eigenvalue weighted by atomic mass is 32.2. The van der Waals surface area contributed by atoms with Crippen LogP contribution in [0.3, 0.4) is 0 Å². The minimum atomic E-state index is -4.13. The molecule has 0 aliphatic rings. The van der Waals surface area contributed by atoms with Crippen molar-refractivity contribution < 1.29 is 13.2 Å². The van der Waals surface area contributed by atoms with E-state index in [0.717, 1.165) is 26.6 Å². The second-order valence-electron chi connectivity index (χ2n) is 7.49. The van der Waals surface area contributed by atoms with Crippen LogP contribution in [-0.2, 0) is 12.0 Å². The standard InChI is InChI=1S/C20H22F3N3S/c1-19(2,3)18-25-16-13-15(27-14-7-10-24-11-8-14)5-6-17(16)26(18)12-4-9-20(21,22)23/h5-8,10-11,13H,4,9,12H2,1-3H3. The van der Waals surface area contributed by atoms with Gasteiger partial charge in [0.2, 0.25) is 0 Å². The molecule has 0 aliphatic heterocycles. The van der Waals surface area contributed by atoms with Crippen LogP contribution in [0, 0.1) is 0 Å².